The van der Waals surface area contributed by atoms with Crippen LogP contribution in [0, 0.1) is 0 Å². The van der Waals surface area contributed by atoms with Crippen LogP contribution in [0.25, 0.3) is 0 Å². The van der Waals surface area contributed by atoms with E-state index in [0.29, 0.717) is 12.8 Å². The number of hydrogen-bond donors (Lipinski definition) is 2. The van der Waals surface area contributed by atoms with Gasteiger partial charge in [-0.25, -0.2) is 0 Å². The minimum Gasteiger partial charge on any atom is -2.00 e. The molecule has 2 N–H and O–H groups in total. The number of carboxylic acids is 2. The van der Waals surface area contributed by atoms with Crippen LogP contribution in [0.4, 0.5) is 0 Å². The van der Waals surface area contributed by atoms with Gasteiger partial charge in [0, 0.05) is 12.8 Å². The van der Waals surface area contributed by atoms with Crippen molar-refractivity contribution in [1.82, 2.24) is 0 Å². The molecule has 0 aromatic heterocycles. The van der Waals surface area contributed by atoms with Gasteiger partial charge in [-0.3, -0.25) is 9.59 Å². The number of carboxylic acid groups (broad SMARTS) is 2. The van der Waals surface area contributed by atoms with Gasteiger partial charge in [0.2, 0.25) is 0 Å². The Hall–Kier alpha value is -1.30. The first kappa shape index (κ1) is 51.3. The van der Waals surface area contributed by atoms with Gasteiger partial charge in [-0.15, -0.1) is 0 Å². The summed E-state index contributed by atoms with van der Waals surface area (Å²) in [6, 6.07) is 0. The molecule has 0 spiro atoms. The second-order valence-electron chi connectivity index (χ2n) is 10.7. The molecule has 43 heavy (non-hydrogen) atoms. The number of rotatable bonds is 28. The van der Waals surface area contributed by atoms with Crippen molar-refractivity contribution < 1.29 is 57.0 Å². The molecule has 0 aliphatic carbocycles. The average molecular weight is 684 g/mol. The zero-order valence-electron chi connectivity index (χ0n) is 27.6. The van der Waals surface area contributed by atoms with Crippen molar-refractivity contribution in [2.24, 2.45) is 0 Å². The van der Waals surface area contributed by atoms with E-state index in [4.69, 9.17) is 10.2 Å². The Morgan fingerprint density at radius 1 is 0.419 bits per heavy atom. The van der Waals surface area contributed by atoms with Crippen LogP contribution in [0.3, 0.4) is 0 Å². The molecule has 6 nitrogen and oxygen atoms in total. The van der Waals surface area contributed by atoms with Gasteiger partial charge in [-0.05, 0) is 77.0 Å². The zero-order chi connectivity index (χ0) is 29.8. The van der Waals surface area contributed by atoms with Crippen LogP contribution in [-0.2, 0) is 46.7 Å². The fourth-order valence-electron chi connectivity index (χ4n) is 4.18. The average Bonchev–Trinajstić information content (AvgIpc) is 2.93. The van der Waals surface area contributed by atoms with Crippen LogP contribution in [0.15, 0.2) is 48.6 Å². The van der Waals surface area contributed by atoms with Gasteiger partial charge < -0.3 is 21.2 Å². The molecule has 0 atom stereocenters. The van der Waals surface area contributed by atoms with Crippen LogP contribution >= 0.6 is 0 Å². The third-order valence-corrected chi connectivity index (χ3v) is 6.68. The van der Waals surface area contributed by atoms with Gasteiger partial charge >= 0.3 is 38.1 Å². The number of allylic oxidation sites excluding steroid dienone is 8. The van der Waals surface area contributed by atoms with E-state index in [1.54, 1.807) is 0 Å². The van der Waals surface area contributed by atoms with Crippen molar-refractivity contribution in [1.29, 1.82) is 0 Å². The molecule has 0 bridgehead atoms. The Kier molecular flexibility index (Phi) is 56.8. The normalized spacial score (nSPS) is 10.8. The third kappa shape index (κ3) is 57.0. The molecule has 0 saturated carbocycles. The molecule has 7 heteroatoms. The van der Waals surface area contributed by atoms with Gasteiger partial charge in [0.1, 0.15) is 0 Å². The van der Waals surface area contributed by atoms with E-state index < -0.39 is 11.9 Å². The molecule has 248 valence electrons. The van der Waals surface area contributed by atoms with Crippen molar-refractivity contribution in [3.63, 3.8) is 0 Å². The van der Waals surface area contributed by atoms with Gasteiger partial charge in [-0.2, -0.15) is 0 Å². The molecule has 0 aliphatic heterocycles. The molecule has 0 amide bonds. The van der Waals surface area contributed by atoms with E-state index in [9.17, 15) is 9.59 Å². The summed E-state index contributed by atoms with van der Waals surface area (Å²) < 4.78 is 0. The molecule has 0 fully saturated rings. The number of aliphatic carboxylic acids is 2. The first-order valence-corrected chi connectivity index (χ1v) is 16.6. The van der Waals surface area contributed by atoms with Crippen LogP contribution in [0.5, 0.6) is 0 Å². The summed E-state index contributed by atoms with van der Waals surface area (Å²) >= 11 is 0. The molecule has 0 unspecified atom stereocenters. The summed E-state index contributed by atoms with van der Waals surface area (Å²) in [6.07, 6.45) is 44.6. The van der Waals surface area contributed by atoms with E-state index in [1.807, 2.05) is 0 Å². The van der Waals surface area contributed by atoms with Gasteiger partial charge in [0.05, 0.1) is 0 Å². The Bertz CT molecular complexity index is 602. The number of hydrogen-bond acceptors (Lipinski definition) is 2. The molecular formula is C36H64O6Zr. The number of unbranched alkanes of at least 4 members (excludes halogenated alkanes) is 16. The maximum atomic E-state index is 10.3. The molecule has 0 saturated heterocycles. The summed E-state index contributed by atoms with van der Waals surface area (Å²) in [6.45, 7) is 4.47. The summed E-state index contributed by atoms with van der Waals surface area (Å²) in [5.74, 6) is -1.34. The van der Waals surface area contributed by atoms with Crippen LogP contribution in [0.2, 0.25) is 0 Å². The van der Waals surface area contributed by atoms with Gasteiger partial charge in [-0.1, -0.05) is 127 Å². The Balaban J connectivity index is -0.000000209. The minimum atomic E-state index is -0.671. The Labute approximate surface area is 284 Å². The molecule has 0 aliphatic rings. The predicted octanol–water partition coefficient (Wildman–Crippen LogP) is 11.5. The zero-order valence-corrected chi connectivity index (χ0v) is 30.1. The minimum absolute atomic E-state index is 0. The van der Waals surface area contributed by atoms with Gasteiger partial charge in [0.25, 0.3) is 0 Å². The maximum absolute atomic E-state index is 10.3. The SMILES string of the molecule is CCCCC/C=C\C/C=C\CCCCCCCC(=O)O.CCCCC/C=C\C/C=C\CCCCCCCC(=O)O.[O-2].[O-2].[Zr+4]. The van der Waals surface area contributed by atoms with E-state index in [1.165, 1.54) is 89.9 Å². The number of carbonyl (C=O) groups is 2. The van der Waals surface area contributed by atoms with E-state index >= 15 is 0 Å². The van der Waals surface area contributed by atoms with Crippen molar-refractivity contribution in [2.75, 3.05) is 0 Å². The smallest absolute Gasteiger partial charge is 2.00 e. The van der Waals surface area contributed by atoms with Crippen molar-refractivity contribution in [2.45, 2.75) is 168 Å². The largest absolute Gasteiger partial charge is 4.00 e. The summed E-state index contributed by atoms with van der Waals surface area (Å²) in [4.78, 5) is 20.6. The summed E-state index contributed by atoms with van der Waals surface area (Å²) in [5.41, 5.74) is 0. The van der Waals surface area contributed by atoms with E-state index in [0.717, 1.165) is 51.4 Å². The molecule has 0 aromatic carbocycles. The van der Waals surface area contributed by atoms with Crippen molar-refractivity contribution in [3.05, 3.63) is 48.6 Å². The fraction of sp³-hybridized carbons (Fsp3) is 0.722. The van der Waals surface area contributed by atoms with E-state index in [2.05, 4.69) is 62.5 Å². The van der Waals surface area contributed by atoms with Crippen LogP contribution in [-0.4, -0.2) is 22.2 Å². The Morgan fingerprint density at radius 3 is 0.953 bits per heavy atom. The molecule has 0 radical (unpaired) electrons. The van der Waals surface area contributed by atoms with Gasteiger partial charge in [0.15, 0.2) is 0 Å². The van der Waals surface area contributed by atoms with Crippen molar-refractivity contribution in [3.8, 4) is 0 Å². The summed E-state index contributed by atoms with van der Waals surface area (Å²) in [7, 11) is 0. The second-order valence-corrected chi connectivity index (χ2v) is 10.7. The Morgan fingerprint density at radius 2 is 0.674 bits per heavy atom. The molecule has 0 rings (SSSR count). The topological polar surface area (TPSA) is 132 Å². The first-order valence-electron chi connectivity index (χ1n) is 16.6. The monoisotopic (exact) mass is 682 g/mol. The van der Waals surface area contributed by atoms with Crippen molar-refractivity contribution >= 4 is 11.9 Å². The first-order chi connectivity index (χ1) is 19.5. The molecule has 0 aromatic rings. The second kappa shape index (κ2) is 47.6. The quantitative estimate of drug-likeness (QED) is 0.0627. The summed E-state index contributed by atoms with van der Waals surface area (Å²) in [5, 5.41) is 17.0. The standard InChI is InChI=1S/2C18H32O2.2O.Zr/c2*1-2-3-4-5-6-7-8-9-10-11-12-13-14-15-16-17-18(19)20;;;/h2*6-7,9-10H,2-5,8,11-17H2,1H3,(H,19,20);;;/q;;2*-2;+4/b2*7-6-,10-9-;;;. The molecular weight excluding hydrogens is 620 g/mol. The molecule has 0 heterocycles. The maximum Gasteiger partial charge on any atom is 4.00 e. The van der Waals surface area contributed by atoms with Crippen LogP contribution in [0.1, 0.15) is 168 Å². The van der Waals surface area contributed by atoms with E-state index in [-0.39, 0.29) is 37.2 Å². The predicted molar refractivity (Wildman–Crippen MR) is 175 cm³/mol. The fourth-order valence-corrected chi connectivity index (χ4v) is 4.18. The third-order valence-electron chi connectivity index (χ3n) is 6.68. The van der Waals surface area contributed by atoms with Crippen LogP contribution < -0.4 is 0 Å².